The van der Waals surface area contributed by atoms with Crippen molar-refractivity contribution in [1.29, 1.82) is 0 Å². The normalized spacial score (nSPS) is 11.5. The fourth-order valence-corrected chi connectivity index (χ4v) is 4.58. The van der Waals surface area contributed by atoms with Gasteiger partial charge in [0.15, 0.2) is 0 Å². The number of rotatable bonds is 19. The van der Waals surface area contributed by atoms with Crippen LogP contribution in [0.2, 0.25) is 0 Å². The Hall–Kier alpha value is -1.23. The van der Waals surface area contributed by atoms with Gasteiger partial charge in [-0.15, -0.1) is 0 Å². The molecule has 0 aliphatic carbocycles. The average molecular weight is 453 g/mol. The summed E-state index contributed by atoms with van der Waals surface area (Å²) in [6.07, 6.45) is 22.0. The summed E-state index contributed by atoms with van der Waals surface area (Å²) in [5.74, 6) is 3.46. The molecule has 31 heavy (non-hydrogen) atoms. The maximum absolute atomic E-state index is 8.36. The minimum absolute atomic E-state index is 0.250. The van der Waals surface area contributed by atoms with Gasteiger partial charge in [-0.25, -0.2) is 4.98 Å². The third-order valence-corrected chi connectivity index (χ3v) is 6.63. The number of carboxylic acid groups (broad SMARTS) is 1. The van der Waals surface area contributed by atoms with Crippen LogP contribution in [0.4, 0.5) is 5.82 Å². The van der Waals surface area contributed by atoms with Gasteiger partial charge >= 0.3 is 0 Å². The molecule has 2 N–H and O–H groups in total. The summed E-state index contributed by atoms with van der Waals surface area (Å²) in [5.41, 5.74) is 1.26. The van der Waals surface area contributed by atoms with Crippen LogP contribution in [0.1, 0.15) is 109 Å². The van der Waals surface area contributed by atoms with E-state index < -0.39 is 0 Å². The van der Waals surface area contributed by atoms with Crippen LogP contribution in [0.3, 0.4) is 0 Å². The lowest BCUT2D eigenvalue weighted by Crippen LogP contribution is -2.18. The lowest BCUT2D eigenvalue weighted by Gasteiger charge is -2.14. The van der Waals surface area contributed by atoms with Crippen LogP contribution in [-0.4, -0.2) is 34.1 Å². The first-order valence-electron chi connectivity index (χ1n) is 12.5. The molecule has 0 aliphatic heterocycles. The number of aryl methyl sites for hydroxylation is 1. The molecule has 1 aromatic rings. The first kappa shape index (κ1) is 29.8. The quantitative estimate of drug-likeness (QED) is 0.164. The summed E-state index contributed by atoms with van der Waals surface area (Å²) >= 11 is 2.08. The van der Waals surface area contributed by atoms with Crippen molar-refractivity contribution in [3.63, 3.8) is 0 Å². The molecule has 0 amide bonds. The molecule has 0 aliphatic rings. The number of nitrogens with zero attached hydrogens (tertiary/aromatic N) is 1. The van der Waals surface area contributed by atoms with Gasteiger partial charge in [-0.3, -0.25) is 4.79 Å². The fraction of sp³-hybridized carbons (Fsp3) is 0.769. The number of anilines is 1. The molecule has 0 fully saturated rings. The summed E-state index contributed by atoms with van der Waals surface area (Å²) in [4.78, 5) is 12.7. The van der Waals surface area contributed by atoms with Crippen LogP contribution in [0.25, 0.3) is 0 Å². The molecule has 180 valence electrons. The van der Waals surface area contributed by atoms with Crippen molar-refractivity contribution >= 4 is 24.1 Å². The molecule has 5 heteroatoms. The Morgan fingerprint density at radius 3 is 1.94 bits per heavy atom. The Kier molecular flexibility index (Phi) is 22.5. The second-order valence-corrected chi connectivity index (χ2v) is 9.69. The predicted molar refractivity (Wildman–Crippen MR) is 138 cm³/mol. The molecule has 1 unspecified atom stereocenters. The minimum Gasteiger partial charge on any atom is -0.483 e. The van der Waals surface area contributed by atoms with Crippen molar-refractivity contribution in [2.24, 2.45) is 0 Å². The number of aromatic nitrogens is 1. The first-order valence-corrected chi connectivity index (χ1v) is 13.6. The molecule has 1 rings (SSSR count). The number of unbranched alkanes of at least 4 members (excludes halogenated alkanes) is 13. The van der Waals surface area contributed by atoms with E-state index in [-0.39, 0.29) is 6.47 Å². The third kappa shape index (κ3) is 21.8. The van der Waals surface area contributed by atoms with E-state index in [2.05, 4.69) is 48.9 Å². The maximum Gasteiger partial charge on any atom is 0.290 e. The Morgan fingerprint density at radius 1 is 0.968 bits per heavy atom. The van der Waals surface area contributed by atoms with Crippen LogP contribution < -0.4 is 5.32 Å². The molecule has 0 aromatic carbocycles. The number of pyridine rings is 1. The average Bonchev–Trinajstić information content (AvgIpc) is 2.74. The van der Waals surface area contributed by atoms with E-state index >= 15 is 0 Å². The van der Waals surface area contributed by atoms with Gasteiger partial charge in [0, 0.05) is 18.0 Å². The van der Waals surface area contributed by atoms with Crippen molar-refractivity contribution in [2.75, 3.05) is 16.8 Å². The highest BCUT2D eigenvalue weighted by molar-refractivity contribution is 7.99. The van der Waals surface area contributed by atoms with Gasteiger partial charge in [-0.05, 0) is 43.7 Å². The molecular weight excluding hydrogens is 404 g/mol. The van der Waals surface area contributed by atoms with E-state index in [1.807, 2.05) is 12.3 Å². The lowest BCUT2D eigenvalue weighted by molar-refractivity contribution is -0.122. The maximum atomic E-state index is 8.36. The molecule has 0 bridgehead atoms. The van der Waals surface area contributed by atoms with E-state index in [4.69, 9.17) is 9.90 Å². The van der Waals surface area contributed by atoms with Gasteiger partial charge < -0.3 is 10.4 Å². The molecule has 0 saturated carbocycles. The monoisotopic (exact) mass is 452 g/mol. The second kappa shape index (κ2) is 23.4. The van der Waals surface area contributed by atoms with E-state index in [9.17, 15) is 0 Å². The van der Waals surface area contributed by atoms with Crippen molar-refractivity contribution in [3.05, 3.63) is 23.9 Å². The Labute approximate surface area is 196 Å². The molecular formula is C26H48N2O2S. The van der Waals surface area contributed by atoms with E-state index in [0.29, 0.717) is 6.04 Å². The summed E-state index contributed by atoms with van der Waals surface area (Å²) in [6.45, 7) is 6.41. The van der Waals surface area contributed by atoms with Crippen LogP contribution >= 0.6 is 11.8 Å². The number of carbonyl (C=O) groups is 1. The van der Waals surface area contributed by atoms with Gasteiger partial charge in [0.2, 0.25) is 0 Å². The summed E-state index contributed by atoms with van der Waals surface area (Å²) in [7, 11) is 0. The highest BCUT2D eigenvalue weighted by Gasteiger charge is 2.03. The Morgan fingerprint density at radius 2 is 1.45 bits per heavy atom. The van der Waals surface area contributed by atoms with Crippen molar-refractivity contribution in [1.82, 2.24) is 4.98 Å². The Bertz CT molecular complexity index is 514. The fourth-order valence-electron chi connectivity index (χ4n) is 3.57. The summed E-state index contributed by atoms with van der Waals surface area (Å²) in [6, 6.07) is 4.64. The van der Waals surface area contributed by atoms with Gasteiger partial charge in [-0.2, -0.15) is 11.8 Å². The highest BCUT2D eigenvalue weighted by atomic mass is 32.2. The predicted octanol–water partition coefficient (Wildman–Crippen LogP) is 8.11. The summed E-state index contributed by atoms with van der Waals surface area (Å²) in [5, 5.41) is 10.4. The van der Waals surface area contributed by atoms with Crippen LogP contribution in [0.5, 0.6) is 0 Å². The van der Waals surface area contributed by atoms with Gasteiger partial charge in [0.1, 0.15) is 5.82 Å². The molecule has 4 nitrogen and oxygen atoms in total. The van der Waals surface area contributed by atoms with Gasteiger partial charge in [-0.1, -0.05) is 90.4 Å². The van der Waals surface area contributed by atoms with Gasteiger partial charge in [0.05, 0.1) is 0 Å². The number of hydrogen-bond acceptors (Lipinski definition) is 4. The number of hydrogen-bond donors (Lipinski definition) is 2. The Balaban J connectivity index is 0.00000282. The molecule has 0 spiro atoms. The zero-order chi connectivity index (χ0) is 23.0. The molecule has 0 saturated heterocycles. The molecule has 1 atom stereocenters. The highest BCUT2D eigenvalue weighted by Crippen LogP contribution is 2.15. The molecule has 1 aromatic heterocycles. The first-order chi connectivity index (χ1) is 15.1. The van der Waals surface area contributed by atoms with E-state index in [1.165, 1.54) is 101 Å². The number of thioether (sulfide) groups is 1. The van der Waals surface area contributed by atoms with E-state index in [1.54, 1.807) is 0 Å². The topological polar surface area (TPSA) is 62.2 Å². The number of nitrogens with one attached hydrogen (secondary N) is 1. The third-order valence-electron chi connectivity index (χ3n) is 5.32. The van der Waals surface area contributed by atoms with Crippen molar-refractivity contribution in [2.45, 2.75) is 117 Å². The molecule has 0 radical (unpaired) electrons. The lowest BCUT2D eigenvalue weighted by atomic mass is 10.0. The summed E-state index contributed by atoms with van der Waals surface area (Å²) < 4.78 is 0. The zero-order valence-corrected chi connectivity index (χ0v) is 21.2. The second-order valence-electron chi connectivity index (χ2n) is 8.54. The smallest absolute Gasteiger partial charge is 0.290 e. The largest absolute Gasteiger partial charge is 0.483 e. The van der Waals surface area contributed by atoms with Crippen LogP contribution in [0.15, 0.2) is 18.3 Å². The molecule has 1 heterocycles. The van der Waals surface area contributed by atoms with Crippen LogP contribution in [0, 0.1) is 6.92 Å². The minimum atomic E-state index is -0.250. The zero-order valence-electron chi connectivity index (χ0n) is 20.4. The van der Waals surface area contributed by atoms with Crippen molar-refractivity contribution in [3.8, 4) is 0 Å². The van der Waals surface area contributed by atoms with Crippen LogP contribution in [-0.2, 0) is 4.79 Å². The standard InChI is InChI=1S/C25H46N2S.CH2O2/c1-4-5-6-7-8-9-10-11-12-13-14-15-16-17-20-28-22-24(3)27-25-21-23(2)18-19-26-25;2-1-3/h18-19,21,24H,4-17,20,22H2,1-3H3,(H,26,27);1H,(H,2,3). The SMILES string of the molecule is CCCCCCCCCCCCCCCCSCC(C)Nc1cc(C)ccn1.O=CO. The van der Waals surface area contributed by atoms with Gasteiger partial charge in [0.25, 0.3) is 6.47 Å². The van der Waals surface area contributed by atoms with Crippen molar-refractivity contribution < 1.29 is 9.90 Å². The van der Waals surface area contributed by atoms with E-state index in [0.717, 1.165) is 11.6 Å².